The van der Waals surface area contributed by atoms with Crippen LogP contribution in [0.15, 0.2) is 30.5 Å². The van der Waals surface area contributed by atoms with Crippen molar-refractivity contribution in [3.63, 3.8) is 0 Å². The number of nitro groups is 1. The van der Waals surface area contributed by atoms with E-state index in [4.69, 9.17) is 28.4 Å². The number of ether oxygens (including phenoxy) is 6. The lowest BCUT2D eigenvalue weighted by Crippen LogP contribution is -2.60. The van der Waals surface area contributed by atoms with Crippen molar-refractivity contribution in [2.45, 2.75) is 197 Å². The van der Waals surface area contributed by atoms with Gasteiger partial charge in [0.2, 0.25) is 0 Å². The van der Waals surface area contributed by atoms with Gasteiger partial charge in [-0.05, 0) is 98.5 Å². The summed E-state index contributed by atoms with van der Waals surface area (Å²) < 4.78 is 39.3. The summed E-state index contributed by atoms with van der Waals surface area (Å²) >= 11 is 0. The van der Waals surface area contributed by atoms with Crippen molar-refractivity contribution in [1.82, 2.24) is 24.8 Å². The molecule has 0 saturated carbocycles. The van der Waals surface area contributed by atoms with E-state index in [1.165, 1.54) is 43.0 Å². The Morgan fingerprint density at radius 2 is 1.68 bits per heavy atom. The molecule has 0 amide bonds. The summed E-state index contributed by atoms with van der Waals surface area (Å²) in [6, 6.07) is 3.35. The van der Waals surface area contributed by atoms with Gasteiger partial charge in [0.1, 0.15) is 42.2 Å². The Labute approximate surface area is 423 Å². The first-order valence-electron chi connectivity index (χ1n) is 25.4. The fraction of sp³-hybridized carbons (Fsp3) is 0.820. The number of rotatable bonds is 16. The van der Waals surface area contributed by atoms with Crippen LogP contribution in [0, 0.1) is 27.9 Å². The summed E-state index contributed by atoms with van der Waals surface area (Å²) in [6.45, 7) is 16.0. The first-order chi connectivity index (χ1) is 33.7. The Bertz CT molecular complexity index is 2030. The molecule has 72 heavy (non-hydrogen) atoms. The molecule has 3 saturated heterocycles. The van der Waals surface area contributed by atoms with Crippen LogP contribution >= 0.6 is 0 Å². The van der Waals surface area contributed by atoms with Crippen LogP contribution in [0.5, 0.6) is 0 Å². The summed E-state index contributed by atoms with van der Waals surface area (Å²) in [5, 5.41) is 101. The Morgan fingerprint density at radius 1 is 1.01 bits per heavy atom. The molecule has 3 aliphatic heterocycles. The van der Waals surface area contributed by atoms with Gasteiger partial charge in [-0.25, -0.2) is 4.68 Å². The van der Waals surface area contributed by atoms with Gasteiger partial charge < -0.3 is 74.0 Å². The Morgan fingerprint density at radius 3 is 2.28 bits per heavy atom. The number of aromatic nitrogens is 3. The number of carbonyl (C=O) groups is 1. The second-order valence-corrected chi connectivity index (χ2v) is 21.3. The predicted molar refractivity (Wildman–Crippen MR) is 261 cm³/mol. The van der Waals surface area contributed by atoms with Gasteiger partial charge in [-0.3, -0.25) is 14.9 Å². The Kier molecular flexibility index (Phi) is 20.7. The van der Waals surface area contributed by atoms with Crippen LogP contribution < -0.4 is 0 Å². The number of aliphatic hydroxyl groups is 7. The summed E-state index contributed by atoms with van der Waals surface area (Å²) in [4.78, 5) is 28.9. The van der Waals surface area contributed by atoms with E-state index in [0.29, 0.717) is 43.6 Å². The number of methoxy groups -OCH3 is 1. The molecule has 19 atom stereocenters. The normalized spacial score (nSPS) is 38.9. The molecule has 5 rings (SSSR count). The molecule has 0 spiro atoms. The fourth-order valence-electron chi connectivity index (χ4n) is 10.9. The maximum absolute atomic E-state index is 14.5. The van der Waals surface area contributed by atoms with Crippen molar-refractivity contribution in [1.29, 1.82) is 0 Å². The molecule has 22 nitrogen and oxygen atoms in total. The summed E-state index contributed by atoms with van der Waals surface area (Å²) in [5.74, 6) is -2.87. The number of cyclic esters (lactones) is 1. The standard InChI is InChI=1S/C50H84N6O16/c1-13-32-23-48(7,63)45(72-47-41(59)36(20-22-68-47)53(10)21-19-34-26-55(52-51-34)37(27-57)40(58)33-15-17-35(18-16-33)56(65)66)28(3)42(71-39-24-49(8,67-12)44(61)31(6)69-39)29(4)46(62)70-38(14-2)50(9,64)43(60)30(5)54(11)25-32/h15-18,26,28-32,36-45,47,57-61,63-64H,13-14,19-25,27H2,1-12H3/t28-,29+,30+,31-,32+,36-,37+,38+,39-,40+,41+,42-,43+,44-,45+,47-,48+,49+,50+/m0/s1. The molecule has 7 N–H and O–H groups in total. The molecule has 4 heterocycles. The highest BCUT2D eigenvalue weighted by atomic mass is 16.7. The van der Waals surface area contributed by atoms with Crippen LogP contribution in [-0.2, 0) is 39.6 Å². The summed E-state index contributed by atoms with van der Waals surface area (Å²) in [5.41, 5.74) is -3.87. The van der Waals surface area contributed by atoms with Gasteiger partial charge in [-0.15, -0.1) is 5.10 Å². The molecule has 0 aliphatic carbocycles. The number of esters is 1. The van der Waals surface area contributed by atoms with Gasteiger partial charge in [0.15, 0.2) is 12.6 Å². The molecule has 410 valence electrons. The molecule has 3 aliphatic rings. The number of hydrogen-bond donors (Lipinski definition) is 7. The van der Waals surface area contributed by atoms with Crippen LogP contribution in [0.2, 0.25) is 0 Å². The average molecular weight is 1030 g/mol. The predicted octanol–water partition coefficient (Wildman–Crippen LogP) is 2.28. The number of likely N-dealkylation sites (N-methyl/N-ethyl adjacent to an activating group) is 2. The van der Waals surface area contributed by atoms with E-state index < -0.39 is 126 Å². The van der Waals surface area contributed by atoms with Crippen molar-refractivity contribution in [3.8, 4) is 0 Å². The Hall–Kier alpha value is -3.33. The minimum atomic E-state index is -1.86. The second-order valence-electron chi connectivity index (χ2n) is 21.3. The SMILES string of the molecule is CC[C@H]1CN(C)[C@H](C)[C@@H](O)[C@](C)(O)[C@@H](CC)OC(=O)[C@H](C)[C@@H](O[C@H]2C[C@@](C)(OC)[C@@H](O)[C@H](C)O2)[C@H](C)[C@@H](O[C@@H]2OCC[C@H](N(C)CCc3cn([C@H](CO)[C@H](O)c4ccc([N+](=O)[O-])cc4)nn3)[C@H]2O)[C@](C)(O)C1. The molecule has 3 fully saturated rings. The molecule has 1 aromatic carbocycles. The lowest BCUT2D eigenvalue weighted by molar-refractivity contribution is -0.384. The molecular formula is C50H84N6O16. The third kappa shape index (κ3) is 13.5. The number of aliphatic hydroxyl groups excluding tert-OH is 5. The van der Waals surface area contributed by atoms with Crippen molar-refractivity contribution >= 4 is 11.7 Å². The molecule has 0 bridgehead atoms. The lowest BCUT2D eigenvalue weighted by Gasteiger charge is -2.48. The molecule has 0 unspecified atom stereocenters. The Balaban J connectivity index is 1.43. The van der Waals surface area contributed by atoms with E-state index in [0.717, 1.165) is 0 Å². The van der Waals surface area contributed by atoms with E-state index in [2.05, 4.69) is 10.3 Å². The van der Waals surface area contributed by atoms with Crippen molar-refractivity contribution in [2.75, 3.05) is 47.5 Å². The van der Waals surface area contributed by atoms with Crippen LogP contribution in [0.25, 0.3) is 0 Å². The maximum atomic E-state index is 14.5. The van der Waals surface area contributed by atoms with Crippen molar-refractivity contribution < 1.29 is 73.9 Å². The summed E-state index contributed by atoms with van der Waals surface area (Å²) in [6.07, 6.45) is -7.83. The van der Waals surface area contributed by atoms with Crippen LogP contribution in [0.1, 0.15) is 118 Å². The van der Waals surface area contributed by atoms with Gasteiger partial charge in [-0.1, -0.05) is 32.4 Å². The van der Waals surface area contributed by atoms with E-state index in [1.54, 1.807) is 54.7 Å². The lowest BCUT2D eigenvalue weighted by atomic mass is 9.77. The van der Waals surface area contributed by atoms with Crippen molar-refractivity contribution in [3.05, 3.63) is 51.8 Å². The smallest absolute Gasteiger partial charge is 0.311 e. The quantitative estimate of drug-likeness (QED) is 0.0721. The fourth-order valence-corrected chi connectivity index (χ4v) is 10.9. The van der Waals surface area contributed by atoms with Crippen LogP contribution in [-0.4, -0.2) is 203 Å². The minimum absolute atomic E-state index is 0.0729. The second kappa shape index (κ2) is 25.0. The highest BCUT2D eigenvalue weighted by Gasteiger charge is 2.52. The van der Waals surface area contributed by atoms with E-state index in [-0.39, 0.29) is 37.5 Å². The van der Waals surface area contributed by atoms with E-state index in [9.17, 15) is 50.7 Å². The first-order valence-corrected chi connectivity index (χ1v) is 25.4. The molecular weight excluding hydrogens is 941 g/mol. The molecule has 2 aromatic rings. The largest absolute Gasteiger partial charge is 0.459 e. The van der Waals surface area contributed by atoms with Crippen LogP contribution in [0.3, 0.4) is 0 Å². The van der Waals surface area contributed by atoms with Gasteiger partial charge in [-0.2, -0.15) is 0 Å². The zero-order valence-electron chi connectivity index (χ0n) is 44.2. The van der Waals surface area contributed by atoms with Crippen LogP contribution in [0.4, 0.5) is 5.69 Å². The number of benzene rings is 1. The molecule has 1 aromatic heterocycles. The van der Waals surface area contributed by atoms with Crippen molar-refractivity contribution in [2.24, 2.45) is 17.8 Å². The number of nitrogens with zero attached hydrogens (tertiary/aromatic N) is 6. The third-order valence-electron chi connectivity index (χ3n) is 15.9. The highest BCUT2D eigenvalue weighted by Crippen LogP contribution is 2.40. The monoisotopic (exact) mass is 1020 g/mol. The summed E-state index contributed by atoms with van der Waals surface area (Å²) in [7, 11) is 5.15. The topological polar surface area (TPSA) is 294 Å². The number of hydrogen-bond acceptors (Lipinski definition) is 20. The highest BCUT2D eigenvalue weighted by molar-refractivity contribution is 5.73. The first kappa shape index (κ1) is 59.5. The van der Waals surface area contributed by atoms with Gasteiger partial charge in [0.05, 0.1) is 59.3 Å². The zero-order valence-corrected chi connectivity index (χ0v) is 44.2. The minimum Gasteiger partial charge on any atom is -0.459 e. The average Bonchev–Trinajstić information content (AvgIpc) is 3.82. The zero-order chi connectivity index (χ0) is 53.6. The van der Waals surface area contributed by atoms with E-state index in [1.807, 2.05) is 30.8 Å². The number of carbonyl (C=O) groups excluding carboxylic acids is 1. The molecule has 22 heteroatoms. The third-order valence-corrected chi connectivity index (χ3v) is 15.9. The van der Waals surface area contributed by atoms with Gasteiger partial charge >= 0.3 is 5.97 Å². The van der Waals surface area contributed by atoms with Gasteiger partial charge in [0, 0.05) is 69.4 Å². The van der Waals surface area contributed by atoms with Gasteiger partial charge in [0.25, 0.3) is 5.69 Å². The molecule has 0 radical (unpaired) electrons. The number of non-ortho nitro benzene ring substituents is 1. The van der Waals surface area contributed by atoms with E-state index >= 15 is 0 Å². The maximum Gasteiger partial charge on any atom is 0.311 e. The number of nitro benzene ring substituents is 1.